The largest absolute Gasteiger partial charge is 0.394 e. The van der Waals surface area contributed by atoms with Crippen LogP contribution in [0.2, 0.25) is 0 Å². The quantitative estimate of drug-likeness (QED) is 0.487. The minimum atomic E-state index is -0.984. The van der Waals surface area contributed by atoms with Gasteiger partial charge >= 0.3 is 0 Å². The molecule has 0 radical (unpaired) electrons. The lowest BCUT2D eigenvalue weighted by atomic mass is 10.0. The molecule has 0 bridgehead atoms. The number of nitro groups is 2. The summed E-state index contributed by atoms with van der Waals surface area (Å²) in [4.78, 5) is 20.9. The minimum Gasteiger partial charge on any atom is -0.394 e. The van der Waals surface area contributed by atoms with Crippen LogP contribution in [0, 0.1) is 20.2 Å². The number of anilines is 1. The first kappa shape index (κ1) is 22.3. The lowest BCUT2D eigenvalue weighted by molar-refractivity contribution is -0.393. The predicted octanol–water partition coefficient (Wildman–Crippen LogP) is 1.95. The second-order valence-electron chi connectivity index (χ2n) is 8.08. The molecule has 166 valence electrons. The first-order valence-corrected chi connectivity index (χ1v) is 9.40. The zero-order chi connectivity index (χ0) is 22.3. The highest BCUT2D eigenvalue weighted by atomic mass is 16.8. The summed E-state index contributed by atoms with van der Waals surface area (Å²) in [6.45, 7) is 6.78. The van der Waals surface area contributed by atoms with Crippen molar-refractivity contribution in [1.29, 1.82) is 0 Å². The number of benzene rings is 1. The van der Waals surface area contributed by atoms with Crippen LogP contribution in [0.25, 0.3) is 0 Å². The Labute approximate surface area is 172 Å². The lowest BCUT2D eigenvalue weighted by Gasteiger charge is -2.29. The molecule has 30 heavy (non-hydrogen) atoms. The molecule has 2 fully saturated rings. The van der Waals surface area contributed by atoms with Crippen LogP contribution in [0.1, 0.15) is 27.7 Å². The Morgan fingerprint density at radius 3 is 2.37 bits per heavy atom. The molecule has 12 heteroatoms. The summed E-state index contributed by atoms with van der Waals surface area (Å²) in [6, 6.07) is 2.42. The van der Waals surface area contributed by atoms with Crippen molar-refractivity contribution in [3.63, 3.8) is 0 Å². The number of hydrogen-bond donors (Lipinski definition) is 2. The molecule has 3 rings (SSSR count). The lowest BCUT2D eigenvalue weighted by Crippen LogP contribution is -2.48. The molecule has 0 spiro atoms. The van der Waals surface area contributed by atoms with E-state index in [2.05, 4.69) is 5.32 Å². The topological polar surface area (TPSA) is 155 Å². The van der Waals surface area contributed by atoms with Crippen molar-refractivity contribution in [3.05, 3.63) is 38.4 Å². The fourth-order valence-corrected chi connectivity index (χ4v) is 3.63. The summed E-state index contributed by atoms with van der Waals surface area (Å²) < 4.78 is 23.4. The van der Waals surface area contributed by atoms with Crippen molar-refractivity contribution >= 4 is 17.1 Å². The highest BCUT2D eigenvalue weighted by Gasteiger charge is 2.52. The van der Waals surface area contributed by atoms with E-state index in [1.54, 1.807) is 27.7 Å². The van der Waals surface area contributed by atoms with Gasteiger partial charge in [0.25, 0.3) is 11.4 Å². The number of rotatable bonds is 7. The number of nitrogens with zero attached hydrogens (tertiary/aromatic N) is 2. The van der Waals surface area contributed by atoms with E-state index < -0.39 is 63.8 Å². The molecule has 0 aromatic heterocycles. The monoisotopic (exact) mass is 427 g/mol. The Balaban J connectivity index is 1.87. The van der Waals surface area contributed by atoms with Crippen LogP contribution >= 0.6 is 0 Å². The van der Waals surface area contributed by atoms with E-state index >= 15 is 0 Å². The maximum atomic E-state index is 11.4. The fraction of sp³-hybridized carbons (Fsp3) is 0.667. The Hall–Kier alpha value is -2.38. The standard InChI is InChI=1S/C18H25N3O9/c1-17(2)27-9-14(28-17)16-15(29-18(3,4)30-16)12(8-22)19-11-6-5-10(20(23)24)7-13(11)21(25)26/h5-7,12,14-16,19,22H,8-9H2,1-4H3/t12-,14+,15+,16-/m1/s1. The van der Waals surface area contributed by atoms with Gasteiger partial charge in [0, 0.05) is 6.07 Å². The van der Waals surface area contributed by atoms with Crippen LogP contribution in [0.5, 0.6) is 0 Å². The number of aliphatic hydroxyl groups excluding tert-OH is 1. The van der Waals surface area contributed by atoms with Crippen molar-refractivity contribution in [1.82, 2.24) is 0 Å². The van der Waals surface area contributed by atoms with Gasteiger partial charge < -0.3 is 29.4 Å². The summed E-state index contributed by atoms with van der Waals surface area (Å²) in [6.07, 6.45) is -1.83. The van der Waals surface area contributed by atoms with Gasteiger partial charge in [-0.15, -0.1) is 0 Å². The average Bonchev–Trinajstić information content (AvgIpc) is 3.17. The van der Waals surface area contributed by atoms with Crippen LogP contribution < -0.4 is 5.32 Å². The number of aliphatic hydroxyl groups is 1. The maximum absolute atomic E-state index is 11.4. The third-order valence-electron chi connectivity index (χ3n) is 4.88. The highest BCUT2D eigenvalue weighted by molar-refractivity contribution is 5.65. The molecule has 2 aliphatic rings. The van der Waals surface area contributed by atoms with Crippen molar-refractivity contribution in [2.24, 2.45) is 0 Å². The first-order chi connectivity index (χ1) is 13.9. The van der Waals surface area contributed by atoms with Gasteiger partial charge in [0.1, 0.15) is 24.0 Å². The zero-order valence-corrected chi connectivity index (χ0v) is 17.1. The molecule has 2 heterocycles. The number of nitro benzene ring substituents is 2. The molecule has 4 atom stereocenters. The van der Waals surface area contributed by atoms with Crippen molar-refractivity contribution in [2.45, 2.75) is 63.6 Å². The second kappa shape index (κ2) is 8.04. The zero-order valence-electron chi connectivity index (χ0n) is 17.1. The van der Waals surface area contributed by atoms with Gasteiger partial charge in [-0.3, -0.25) is 20.2 Å². The average molecular weight is 427 g/mol. The number of hydrogen-bond acceptors (Lipinski definition) is 10. The van der Waals surface area contributed by atoms with Crippen LogP contribution in [0.3, 0.4) is 0 Å². The first-order valence-electron chi connectivity index (χ1n) is 9.40. The van der Waals surface area contributed by atoms with Crippen molar-refractivity contribution in [2.75, 3.05) is 18.5 Å². The normalized spacial score (nSPS) is 28.2. The molecule has 1 aromatic carbocycles. The summed E-state index contributed by atoms with van der Waals surface area (Å²) in [5.41, 5.74) is -0.884. The predicted molar refractivity (Wildman–Crippen MR) is 103 cm³/mol. The van der Waals surface area contributed by atoms with Crippen molar-refractivity contribution < 1.29 is 33.9 Å². The van der Waals surface area contributed by atoms with E-state index in [4.69, 9.17) is 18.9 Å². The van der Waals surface area contributed by atoms with E-state index in [-0.39, 0.29) is 12.3 Å². The van der Waals surface area contributed by atoms with Crippen LogP contribution in [-0.4, -0.2) is 64.1 Å². The summed E-state index contributed by atoms with van der Waals surface area (Å²) in [5.74, 6) is -1.79. The number of non-ortho nitro benzene ring substituents is 1. The third kappa shape index (κ3) is 4.68. The summed E-state index contributed by atoms with van der Waals surface area (Å²) >= 11 is 0. The fourth-order valence-electron chi connectivity index (χ4n) is 3.63. The Bertz CT molecular complexity index is 829. The Kier molecular flexibility index (Phi) is 5.98. The Morgan fingerprint density at radius 2 is 1.83 bits per heavy atom. The van der Waals surface area contributed by atoms with Gasteiger partial charge in [-0.2, -0.15) is 0 Å². The molecule has 2 aliphatic heterocycles. The van der Waals surface area contributed by atoms with Crippen LogP contribution in [0.15, 0.2) is 18.2 Å². The summed E-state index contributed by atoms with van der Waals surface area (Å²) in [5, 5.41) is 35.3. The molecule has 2 N–H and O–H groups in total. The smallest absolute Gasteiger partial charge is 0.299 e. The molecule has 1 aromatic rings. The van der Waals surface area contributed by atoms with Crippen molar-refractivity contribution in [3.8, 4) is 0 Å². The molecule has 2 saturated heterocycles. The van der Waals surface area contributed by atoms with E-state index in [1.165, 1.54) is 6.07 Å². The second-order valence-corrected chi connectivity index (χ2v) is 8.08. The number of ether oxygens (including phenoxy) is 4. The van der Waals surface area contributed by atoms with Gasteiger partial charge in [-0.25, -0.2) is 0 Å². The molecule has 0 saturated carbocycles. The van der Waals surface area contributed by atoms with Gasteiger partial charge in [-0.1, -0.05) is 0 Å². The van der Waals surface area contributed by atoms with E-state index in [1.807, 2.05) is 0 Å². The molecule has 12 nitrogen and oxygen atoms in total. The Morgan fingerprint density at radius 1 is 1.13 bits per heavy atom. The van der Waals surface area contributed by atoms with Gasteiger partial charge in [0.15, 0.2) is 11.6 Å². The van der Waals surface area contributed by atoms with E-state index in [9.17, 15) is 25.3 Å². The van der Waals surface area contributed by atoms with Crippen LogP contribution in [0.4, 0.5) is 17.1 Å². The number of nitrogens with one attached hydrogen (secondary N) is 1. The summed E-state index contributed by atoms with van der Waals surface area (Å²) in [7, 11) is 0. The third-order valence-corrected chi connectivity index (χ3v) is 4.88. The van der Waals surface area contributed by atoms with Gasteiger partial charge in [0.2, 0.25) is 0 Å². The SMILES string of the molecule is CC1(C)O[C@@H]([C@@H](CO)Nc2ccc([N+](=O)[O-])cc2[N+](=O)[O-])[C@@H]([C@@H]2COC(C)(C)O2)O1. The van der Waals surface area contributed by atoms with Gasteiger partial charge in [-0.05, 0) is 33.8 Å². The molecule has 0 amide bonds. The van der Waals surface area contributed by atoms with E-state index in [0.29, 0.717) is 0 Å². The maximum Gasteiger partial charge on any atom is 0.299 e. The molecule has 0 unspecified atom stereocenters. The molecule has 0 aliphatic carbocycles. The van der Waals surface area contributed by atoms with E-state index in [0.717, 1.165) is 12.1 Å². The van der Waals surface area contributed by atoms with Crippen LogP contribution in [-0.2, 0) is 18.9 Å². The molecular formula is C18H25N3O9. The minimum absolute atomic E-state index is 0.0145. The van der Waals surface area contributed by atoms with Gasteiger partial charge in [0.05, 0.1) is 35.2 Å². The highest BCUT2D eigenvalue weighted by Crippen LogP contribution is 2.38. The molecular weight excluding hydrogens is 402 g/mol.